The van der Waals surface area contributed by atoms with Crippen molar-refractivity contribution in [2.75, 3.05) is 5.32 Å². The predicted molar refractivity (Wildman–Crippen MR) is 101 cm³/mol. The van der Waals surface area contributed by atoms with Crippen LogP contribution < -0.4 is 5.32 Å². The van der Waals surface area contributed by atoms with Crippen LogP contribution in [0.4, 0.5) is 5.13 Å². The number of thiazole rings is 1. The van der Waals surface area contributed by atoms with Crippen LogP contribution in [0, 0.1) is 0 Å². The van der Waals surface area contributed by atoms with Gasteiger partial charge in [0.25, 0.3) is 5.91 Å². The van der Waals surface area contributed by atoms with Crippen LogP contribution in [-0.2, 0) is 6.42 Å². The molecule has 1 N–H and O–H groups in total. The van der Waals surface area contributed by atoms with E-state index < -0.39 is 0 Å². The van der Waals surface area contributed by atoms with E-state index >= 15 is 0 Å². The zero-order valence-corrected chi connectivity index (χ0v) is 14.6. The van der Waals surface area contributed by atoms with Crippen molar-refractivity contribution in [1.82, 2.24) is 4.98 Å². The van der Waals surface area contributed by atoms with Gasteiger partial charge in [0.1, 0.15) is 5.58 Å². The zero-order chi connectivity index (χ0) is 17.2. The van der Waals surface area contributed by atoms with Crippen LogP contribution >= 0.6 is 22.9 Å². The smallest absolute Gasteiger partial charge is 0.293 e. The molecular weight excluding hydrogens is 356 g/mol. The van der Waals surface area contributed by atoms with Gasteiger partial charge in [-0.3, -0.25) is 10.1 Å². The van der Waals surface area contributed by atoms with Gasteiger partial charge in [-0.2, -0.15) is 0 Å². The van der Waals surface area contributed by atoms with E-state index in [1.807, 2.05) is 48.5 Å². The minimum Gasteiger partial charge on any atom is -0.451 e. The number of fused-ring (bicyclic) bond motifs is 1. The minimum absolute atomic E-state index is 0.271. The molecule has 2 heterocycles. The molecule has 0 saturated carbocycles. The second-order valence-electron chi connectivity index (χ2n) is 5.54. The Labute approximate surface area is 153 Å². The van der Waals surface area contributed by atoms with Gasteiger partial charge < -0.3 is 4.42 Å². The molecule has 0 radical (unpaired) electrons. The summed E-state index contributed by atoms with van der Waals surface area (Å²) in [5, 5.41) is 4.93. The summed E-state index contributed by atoms with van der Waals surface area (Å²) in [6, 6.07) is 16.9. The molecule has 0 bridgehead atoms. The molecule has 0 atom stereocenters. The number of nitrogens with zero attached hydrogens (tertiary/aromatic N) is 1. The summed E-state index contributed by atoms with van der Waals surface area (Å²) < 4.78 is 5.57. The normalized spacial score (nSPS) is 10.9. The Morgan fingerprint density at radius 3 is 2.88 bits per heavy atom. The quantitative estimate of drug-likeness (QED) is 0.525. The first-order chi connectivity index (χ1) is 12.2. The van der Waals surface area contributed by atoms with Crippen LogP contribution in [0.2, 0.25) is 5.02 Å². The molecule has 0 spiro atoms. The van der Waals surface area contributed by atoms with E-state index in [-0.39, 0.29) is 11.7 Å². The maximum atomic E-state index is 12.3. The van der Waals surface area contributed by atoms with Crippen LogP contribution in [0.1, 0.15) is 21.0 Å². The number of para-hydroxylation sites is 1. The van der Waals surface area contributed by atoms with E-state index in [1.54, 1.807) is 12.3 Å². The SMILES string of the molecule is O=C(Nc1ncc(Cc2cccc(Cl)c2)s1)c1cc2ccccc2o1. The largest absolute Gasteiger partial charge is 0.451 e. The monoisotopic (exact) mass is 368 g/mol. The standard InChI is InChI=1S/C19H13ClN2O2S/c20-14-6-3-4-12(8-14)9-15-11-21-19(25-15)22-18(23)17-10-13-5-1-2-7-16(13)24-17/h1-8,10-11H,9H2,(H,21,22,23). The number of anilines is 1. The number of amides is 1. The highest BCUT2D eigenvalue weighted by atomic mass is 35.5. The number of furan rings is 1. The Morgan fingerprint density at radius 2 is 2.04 bits per heavy atom. The van der Waals surface area contributed by atoms with Crippen LogP contribution in [0.5, 0.6) is 0 Å². The maximum Gasteiger partial charge on any atom is 0.293 e. The Kier molecular flexibility index (Phi) is 4.26. The van der Waals surface area contributed by atoms with Crippen molar-refractivity contribution in [3.8, 4) is 0 Å². The maximum absolute atomic E-state index is 12.3. The van der Waals surface area contributed by atoms with E-state index in [4.69, 9.17) is 16.0 Å². The molecule has 124 valence electrons. The molecule has 2 aromatic carbocycles. The lowest BCUT2D eigenvalue weighted by Gasteiger charge is -1.99. The Hall–Kier alpha value is -2.63. The third kappa shape index (κ3) is 3.57. The van der Waals surface area contributed by atoms with E-state index in [2.05, 4.69) is 10.3 Å². The van der Waals surface area contributed by atoms with E-state index in [1.165, 1.54) is 11.3 Å². The highest BCUT2D eigenvalue weighted by molar-refractivity contribution is 7.15. The molecule has 0 aliphatic heterocycles. The summed E-state index contributed by atoms with van der Waals surface area (Å²) in [6.45, 7) is 0. The molecule has 2 aromatic heterocycles. The highest BCUT2D eigenvalue weighted by Crippen LogP contribution is 2.24. The summed E-state index contributed by atoms with van der Waals surface area (Å²) in [4.78, 5) is 17.7. The number of halogens is 1. The number of hydrogen-bond donors (Lipinski definition) is 1. The van der Waals surface area contributed by atoms with Gasteiger partial charge in [-0.25, -0.2) is 4.98 Å². The Balaban J connectivity index is 1.47. The molecule has 6 heteroatoms. The molecule has 0 unspecified atom stereocenters. The van der Waals surface area contributed by atoms with E-state index in [9.17, 15) is 4.79 Å². The third-order valence-corrected chi connectivity index (χ3v) is 4.84. The van der Waals surface area contributed by atoms with E-state index in [0.717, 1.165) is 22.2 Å². The lowest BCUT2D eigenvalue weighted by atomic mass is 10.1. The average molecular weight is 369 g/mol. The Bertz CT molecular complexity index is 1020. The van der Waals surface area contributed by atoms with Crippen molar-refractivity contribution in [2.24, 2.45) is 0 Å². The first-order valence-electron chi connectivity index (χ1n) is 7.66. The fourth-order valence-electron chi connectivity index (χ4n) is 2.55. The van der Waals surface area contributed by atoms with E-state index in [0.29, 0.717) is 15.7 Å². The van der Waals surface area contributed by atoms with Crippen molar-refractivity contribution in [1.29, 1.82) is 0 Å². The molecular formula is C19H13ClN2O2S. The van der Waals surface area contributed by atoms with Gasteiger partial charge in [0.2, 0.25) is 0 Å². The van der Waals surface area contributed by atoms with Gasteiger partial charge >= 0.3 is 0 Å². The molecule has 25 heavy (non-hydrogen) atoms. The molecule has 4 rings (SSSR count). The van der Waals surface area contributed by atoms with Crippen molar-refractivity contribution in [3.05, 3.63) is 82.0 Å². The molecule has 0 aliphatic rings. The first kappa shape index (κ1) is 15.9. The summed E-state index contributed by atoms with van der Waals surface area (Å²) in [5.74, 6) is -0.0346. The lowest BCUT2D eigenvalue weighted by Crippen LogP contribution is -2.10. The second-order valence-corrected chi connectivity index (χ2v) is 7.09. The van der Waals surface area contributed by atoms with Gasteiger partial charge in [0, 0.05) is 27.9 Å². The summed E-state index contributed by atoms with van der Waals surface area (Å²) in [7, 11) is 0. The Morgan fingerprint density at radius 1 is 1.16 bits per heavy atom. The van der Waals surface area contributed by atoms with Crippen molar-refractivity contribution < 1.29 is 9.21 Å². The van der Waals surface area contributed by atoms with Gasteiger partial charge in [-0.15, -0.1) is 11.3 Å². The summed E-state index contributed by atoms with van der Waals surface area (Å²) in [6.07, 6.45) is 2.48. The fourth-order valence-corrected chi connectivity index (χ4v) is 3.60. The number of benzene rings is 2. The third-order valence-electron chi connectivity index (χ3n) is 3.69. The molecule has 1 amide bonds. The van der Waals surface area contributed by atoms with Crippen molar-refractivity contribution >= 4 is 44.9 Å². The zero-order valence-electron chi connectivity index (χ0n) is 13.0. The molecule has 0 saturated heterocycles. The van der Waals surface area contributed by atoms with Gasteiger partial charge in [0.05, 0.1) is 0 Å². The van der Waals surface area contributed by atoms with Crippen molar-refractivity contribution in [3.63, 3.8) is 0 Å². The number of carbonyl (C=O) groups is 1. The van der Waals surface area contributed by atoms with Crippen LogP contribution in [-0.4, -0.2) is 10.9 Å². The fraction of sp³-hybridized carbons (Fsp3) is 0.0526. The number of aromatic nitrogens is 1. The van der Waals surface area contributed by atoms with Crippen LogP contribution in [0.15, 0.2) is 65.2 Å². The van der Waals surface area contributed by atoms with Crippen molar-refractivity contribution in [2.45, 2.75) is 6.42 Å². The average Bonchev–Trinajstić information content (AvgIpc) is 3.21. The number of nitrogens with one attached hydrogen (secondary N) is 1. The number of hydrogen-bond acceptors (Lipinski definition) is 4. The lowest BCUT2D eigenvalue weighted by molar-refractivity contribution is 0.0998. The molecule has 0 aliphatic carbocycles. The van der Waals surface area contributed by atoms with Crippen LogP contribution in [0.25, 0.3) is 11.0 Å². The summed E-state index contributed by atoms with van der Waals surface area (Å²) in [5.41, 5.74) is 1.79. The van der Waals surface area contributed by atoms with Gasteiger partial charge in [-0.05, 0) is 29.8 Å². The predicted octanol–water partition coefficient (Wildman–Crippen LogP) is 5.39. The second kappa shape index (κ2) is 6.70. The molecule has 0 fully saturated rings. The minimum atomic E-state index is -0.306. The number of rotatable bonds is 4. The topological polar surface area (TPSA) is 55.1 Å². The van der Waals surface area contributed by atoms with Crippen LogP contribution in [0.3, 0.4) is 0 Å². The number of carbonyl (C=O) groups excluding carboxylic acids is 1. The molecule has 4 nitrogen and oxygen atoms in total. The van der Waals surface area contributed by atoms with Gasteiger partial charge in [-0.1, -0.05) is 41.9 Å². The van der Waals surface area contributed by atoms with Gasteiger partial charge in [0.15, 0.2) is 10.9 Å². The first-order valence-corrected chi connectivity index (χ1v) is 8.86. The highest BCUT2D eigenvalue weighted by Gasteiger charge is 2.14. The molecule has 4 aromatic rings. The summed E-state index contributed by atoms with van der Waals surface area (Å²) >= 11 is 7.44.